The van der Waals surface area contributed by atoms with Gasteiger partial charge in [-0.05, 0) is 48.3 Å². The molecule has 0 aliphatic carbocycles. The van der Waals surface area contributed by atoms with Crippen LogP contribution in [-0.2, 0) is 6.54 Å². The summed E-state index contributed by atoms with van der Waals surface area (Å²) in [5, 5.41) is 8.85. The molecule has 1 N–H and O–H groups in total. The minimum atomic E-state index is 0.247. The van der Waals surface area contributed by atoms with E-state index in [0.717, 1.165) is 29.7 Å². The van der Waals surface area contributed by atoms with E-state index < -0.39 is 0 Å². The monoisotopic (exact) mass is 286 g/mol. The second-order valence-corrected chi connectivity index (χ2v) is 5.02. The molecule has 0 bridgehead atoms. The first-order valence-corrected chi connectivity index (χ1v) is 6.38. The summed E-state index contributed by atoms with van der Waals surface area (Å²) in [5.41, 5.74) is 1.06. The van der Waals surface area contributed by atoms with Gasteiger partial charge in [-0.2, -0.15) is 0 Å². The van der Waals surface area contributed by atoms with Gasteiger partial charge in [0.15, 0.2) is 0 Å². The molecule has 0 saturated carbocycles. The number of aromatic nitrogens is 1. The van der Waals surface area contributed by atoms with E-state index in [-0.39, 0.29) is 6.61 Å². The maximum absolute atomic E-state index is 8.85. The van der Waals surface area contributed by atoms with Crippen LogP contribution in [-0.4, -0.2) is 34.2 Å². The first-order chi connectivity index (χ1) is 7.63. The number of pyridine rings is 1. The molecule has 0 aliphatic heterocycles. The molecule has 3 nitrogen and oxygen atoms in total. The molecule has 16 heavy (non-hydrogen) atoms. The maximum atomic E-state index is 8.85. The van der Waals surface area contributed by atoms with E-state index in [9.17, 15) is 0 Å². The topological polar surface area (TPSA) is 36.4 Å². The summed E-state index contributed by atoms with van der Waals surface area (Å²) in [4.78, 5) is 6.67. The second kappa shape index (κ2) is 6.99. The van der Waals surface area contributed by atoms with Gasteiger partial charge < -0.3 is 5.11 Å². The third-order valence-corrected chi connectivity index (χ3v) is 2.96. The van der Waals surface area contributed by atoms with Gasteiger partial charge in [-0.3, -0.25) is 9.88 Å². The predicted molar refractivity (Wildman–Crippen MR) is 69.2 cm³/mol. The van der Waals surface area contributed by atoms with Gasteiger partial charge >= 0.3 is 0 Å². The van der Waals surface area contributed by atoms with Crippen molar-refractivity contribution >= 4 is 15.9 Å². The Kier molecular flexibility index (Phi) is 5.95. The third-order valence-electron chi connectivity index (χ3n) is 2.49. The summed E-state index contributed by atoms with van der Waals surface area (Å²) >= 11 is 3.37. The molecule has 90 valence electrons. The minimum absolute atomic E-state index is 0.247. The summed E-state index contributed by atoms with van der Waals surface area (Å²) in [5.74, 6) is 0. The minimum Gasteiger partial charge on any atom is -0.396 e. The third kappa shape index (κ3) is 4.60. The Labute approximate surface area is 106 Å². The number of halogens is 1. The largest absolute Gasteiger partial charge is 0.396 e. The molecule has 0 aromatic carbocycles. The van der Waals surface area contributed by atoms with Gasteiger partial charge in [0.1, 0.15) is 0 Å². The lowest BCUT2D eigenvalue weighted by atomic mass is 10.2. The van der Waals surface area contributed by atoms with Crippen molar-refractivity contribution in [1.82, 2.24) is 9.88 Å². The standard InChI is InChI=1S/C12H19BrN2O/c1-10(2)15(6-3-7-16)9-12-5-4-11(13)8-14-12/h4-5,8,10,16H,3,6-7,9H2,1-2H3. The predicted octanol–water partition coefficient (Wildman–Crippen LogP) is 2.44. The summed E-state index contributed by atoms with van der Waals surface area (Å²) in [6.07, 6.45) is 2.63. The van der Waals surface area contributed by atoms with Crippen LogP contribution >= 0.6 is 15.9 Å². The fourth-order valence-corrected chi connectivity index (χ4v) is 1.74. The molecule has 0 radical (unpaired) electrons. The highest BCUT2D eigenvalue weighted by atomic mass is 79.9. The molecule has 1 heterocycles. The van der Waals surface area contributed by atoms with E-state index in [1.807, 2.05) is 18.3 Å². The van der Waals surface area contributed by atoms with Crippen LogP contribution in [0.3, 0.4) is 0 Å². The number of rotatable bonds is 6. The van der Waals surface area contributed by atoms with Crippen LogP contribution in [0.25, 0.3) is 0 Å². The molecule has 0 aliphatic rings. The Morgan fingerprint density at radius 3 is 2.69 bits per heavy atom. The molecular formula is C12H19BrN2O. The van der Waals surface area contributed by atoms with E-state index in [4.69, 9.17) is 5.11 Å². The summed E-state index contributed by atoms with van der Waals surface area (Å²) in [7, 11) is 0. The number of hydrogen-bond acceptors (Lipinski definition) is 3. The Balaban J connectivity index is 2.57. The lowest BCUT2D eigenvalue weighted by Crippen LogP contribution is -2.32. The molecule has 1 aromatic heterocycles. The van der Waals surface area contributed by atoms with Crippen LogP contribution in [0.2, 0.25) is 0 Å². The molecule has 1 rings (SSSR count). The average Bonchev–Trinajstić information content (AvgIpc) is 2.26. The van der Waals surface area contributed by atoms with E-state index >= 15 is 0 Å². The molecule has 0 atom stereocenters. The first-order valence-electron chi connectivity index (χ1n) is 5.59. The highest BCUT2D eigenvalue weighted by molar-refractivity contribution is 9.10. The Morgan fingerprint density at radius 2 is 2.19 bits per heavy atom. The summed E-state index contributed by atoms with van der Waals surface area (Å²) in [6, 6.07) is 4.50. The van der Waals surface area contributed by atoms with Gasteiger partial charge in [-0.25, -0.2) is 0 Å². The first kappa shape index (κ1) is 13.6. The fourth-order valence-electron chi connectivity index (χ4n) is 1.50. The van der Waals surface area contributed by atoms with Gasteiger partial charge in [0.2, 0.25) is 0 Å². The van der Waals surface area contributed by atoms with Crippen LogP contribution in [0, 0.1) is 0 Å². The molecule has 0 spiro atoms. The van der Waals surface area contributed by atoms with Crippen molar-refractivity contribution in [3.8, 4) is 0 Å². The number of nitrogens with zero attached hydrogens (tertiary/aromatic N) is 2. The SMILES string of the molecule is CC(C)N(CCCO)Cc1ccc(Br)cn1. The van der Waals surface area contributed by atoms with E-state index in [0.29, 0.717) is 6.04 Å². The molecule has 1 aromatic rings. The Bertz CT molecular complexity index is 300. The summed E-state index contributed by atoms with van der Waals surface area (Å²) < 4.78 is 1.00. The Morgan fingerprint density at radius 1 is 1.44 bits per heavy atom. The van der Waals surface area contributed by atoms with Gasteiger partial charge in [0, 0.05) is 36.4 Å². The molecule has 0 saturated heterocycles. The van der Waals surface area contributed by atoms with Gasteiger partial charge in [0.05, 0.1) is 5.69 Å². The van der Waals surface area contributed by atoms with Crippen LogP contribution in [0.1, 0.15) is 26.0 Å². The molecular weight excluding hydrogens is 268 g/mol. The fraction of sp³-hybridized carbons (Fsp3) is 0.583. The second-order valence-electron chi connectivity index (χ2n) is 4.11. The Hall–Kier alpha value is -0.450. The number of hydrogen-bond donors (Lipinski definition) is 1. The van der Waals surface area contributed by atoms with Gasteiger partial charge in [0.25, 0.3) is 0 Å². The smallest absolute Gasteiger partial charge is 0.0544 e. The van der Waals surface area contributed by atoms with Crippen LogP contribution in [0.5, 0.6) is 0 Å². The van der Waals surface area contributed by atoms with Crippen molar-refractivity contribution in [3.05, 3.63) is 28.5 Å². The van der Waals surface area contributed by atoms with E-state index in [1.165, 1.54) is 0 Å². The quantitative estimate of drug-likeness (QED) is 0.873. The molecule has 0 amide bonds. The van der Waals surface area contributed by atoms with Gasteiger partial charge in [-0.15, -0.1) is 0 Å². The average molecular weight is 287 g/mol. The molecule has 0 unspecified atom stereocenters. The zero-order valence-corrected chi connectivity index (χ0v) is 11.4. The number of aliphatic hydroxyl groups is 1. The molecule has 0 fully saturated rings. The van der Waals surface area contributed by atoms with Crippen molar-refractivity contribution in [3.63, 3.8) is 0 Å². The van der Waals surface area contributed by atoms with Crippen molar-refractivity contribution in [2.75, 3.05) is 13.2 Å². The zero-order valence-electron chi connectivity index (χ0n) is 9.86. The van der Waals surface area contributed by atoms with Gasteiger partial charge in [-0.1, -0.05) is 0 Å². The van der Waals surface area contributed by atoms with Crippen LogP contribution in [0.15, 0.2) is 22.8 Å². The zero-order chi connectivity index (χ0) is 12.0. The lowest BCUT2D eigenvalue weighted by Gasteiger charge is -2.25. The van der Waals surface area contributed by atoms with Crippen LogP contribution < -0.4 is 0 Å². The highest BCUT2D eigenvalue weighted by Gasteiger charge is 2.10. The highest BCUT2D eigenvalue weighted by Crippen LogP contribution is 2.11. The van der Waals surface area contributed by atoms with Crippen molar-refractivity contribution in [2.24, 2.45) is 0 Å². The normalized spacial score (nSPS) is 11.4. The van der Waals surface area contributed by atoms with E-state index in [2.05, 4.69) is 39.7 Å². The van der Waals surface area contributed by atoms with Crippen LogP contribution in [0.4, 0.5) is 0 Å². The maximum Gasteiger partial charge on any atom is 0.0544 e. The number of aliphatic hydroxyl groups excluding tert-OH is 1. The van der Waals surface area contributed by atoms with E-state index in [1.54, 1.807) is 0 Å². The lowest BCUT2D eigenvalue weighted by molar-refractivity contribution is 0.183. The molecule has 4 heteroatoms. The van der Waals surface area contributed by atoms with Crippen molar-refractivity contribution in [2.45, 2.75) is 32.9 Å². The summed E-state index contributed by atoms with van der Waals surface area (Å²) in [6.45, 7) is 6.32. The van der Waals surface area contributed by atoms with Crippen molar-refractivity contribution in [1.29, 1.82) is 0 Å². The van der Waals surface area contributed by atoms with Crippen molar-refractivity contribution < 1.29 is 5.11 Å².